The van der Waals surface area contributed by atoms with E-state index in [1.807, 2.05) is 30.6 Å². The Hall–Kier alpha value is -1.82. The van der Waals surface area contributed by atoms with Gasteiger partial charge in [0.05, 0.1) is 12.7 Å². The first kappa shape index (κ1) is 17.6. The van der Waals surface area contributed by atoms with Gasteiger partial charge in [0, 0.05) is 51.0 Å². The van der Waals surface area contributed by atoms with Crippen LogP contribution in [-0.2, 0) is 17.8 Å². The zero-order valence-corrected chi connectivity index (χ0v) is 15.1. The van der Waals surface area contributed by atoms with Gasteiger partial charge in [0.2, 0.25) is 0 Å². The van der Waals surface area contributed by atoms with Crippen LogP contribution in [0.15, 0.2) is 48.8 Å². The minimum absolute atomic E-state index is 0.173. The fourth-order valence-electron chi connectivity index (χ4n) is 4.07. The standard InChI is InChI=1S/C21H26FN3O/c22-20-5-3-17(4-6-20)13-24-9-7-19-15-25(10-11-26-21(19)16-24)14-18-2-1-8-23-12-18/h1-6,8,12,19,21H,7,9-11,13-16H2/t19-,21-/m1/s1. The maximum Gasteiger partial charge on any atom is 0.123 e. The Kier molecular flexibility index (Phi) is 5.58. The molecule has 4 nitrogen and oxygen atoms in total. The van der Waals surface area contributed by atoms with Gasteiger partial charge < -0.3 is 4.74 Å². The van der Waals surface area contributed by atoms with Crippen LogP contribution in [0.25, 0.3) is 0 Å². The van der Waals surface area contributed by atoms with Crippen LogP contribution in [0, 0.1) is 11.7 Å². The SMILES string of the molecule is Fc1ccc(CN2CC[C@@H]3CN(Cc4cccnc4)CCO[C@@H]3C2)cc1. The van der Waals surface area contributed by atoms with Crippen molar-refractivity contribution in [3.05, 3.63) is 65.7 Å². The number of likely N-dealkylation sites (tertiary alicyclic amines) is 1. The van der Waals surface area contributed by atoms with Crippen LogP contribution < -0.4 is 0 Å². The number of aromatic nitrogens is 1. The summed E-state index contributed by atoms with van der Waals surface area (Å²) < 4.78 is 19.3. The lowest BCUT2D eigenvalue weighted by Gasteiger charge is -2.38. The molecule has 2 saturated heterocycles. The van der Waals surface area contributed by atoms with Crippen molar-refractivity contribution in [3.8, 4) is 0 Å². The highest BCUT2D eigenvalue weighted by Crippen LogP contribution is 2.26. The monoisotopic (exact) mass is 355 g/mol. The fourth-order valence-corrected chi connectivity index (χ4v) is 4.07. The smallest absolute Gasteiger partial charge is 0.123 e. The Morgan fingerprint density at radius 2 is 1.81 bits per heavy atom. The van der Waals surface area contributed by atoms with Gasteiger partial charge in [0.25, 0.3) is 0 Å². The van der Waals surface area contributed by atoms with E-state index in [4.69, 9.17) is 4.74 Å². The van der Waals surface area contributed by atoms with Crippen LogP contribution >= 0.6 is 0 Å². The van der Waals surface area contributed by atoms with Crippen molar-refractivity contribution < 1.29 is 9.13 Å². The van der Waals surface area contributed by atoms with Gasteiger partial charge in [0.15, 0.2) is 0 Å². The molecule has 2 aliphatic heterocycles. The molecule has 0 radical (unpaired) electrons. The van der Waals surface area contributed by atoms with Gasteiger partial charge in [-0.2, -0.15) is 0 Å². The highest BCUT2D eigenvalue weighted by Gasteiger charge is 2.33. The van der Waals surface area contributed by atoms with Crippen LogP contribution in [0.2, 0.25) is 0 Å². The van der Waals surface area contributed by atoms with E-state index in [-0.39, 0.29) is 5.82 Å². The average Bonchev–Trinajstić information content (AvgIpc) is 2.86. The fraction of sp³-hybridized carbons (Fsp3) is 0.476. The van der Waals surface area contributed by atoms with Gasteiger partial charge in [-0.15, -0.1) is 0 Å². The molecule has 1 aromatic heterocycles. The molecule has 138 valence electrons. The number of piperidine rings is 1. The summed E-state index contributed by atoms with van der Waals surface area (Å²) in [7, 11) is 0. The van der Waals surface area contributed by atoms with Crippen molar-refractivity contribution >= 4 is 0 Å². The number of fused-ring (bicyclic) bond motifs is 1. The number of pyridine rings is 1. The minimum Gasteiger partial charge on any atom is -0.375 e. The predicted octanol–water partition coefficient (Wildman–Crippen LogP) is 2.94. The van der Waals surface area contributed by atoms with Crippen molar-refractivity contribution in [3.63, 3.8) is 0 Å². The molecular weight excluding hydrogens is 329 g/mol. The molecule has 3 heterocycles. The van der Waals surface area contributed by atoms with E-state index in [0.29, 0.717) is 12.0 Å². The molecule has 0 spiro atoms. The number of hydrogen-bond acceptors (Lipinski definition) is 4. The lowest BCUT2D eigenvalue weighted by atomic mass is 9.93. The molecule has 0 unspecified atom stereocenters. The second-order valence-corrected chi connectivity index (χ2v) is 7.42. The number of ether oxygens (including phenoxy) is 1. The van der Waals surface area contributed by atoms with E-state index in [1.165, 1.54) is 5.56 Å². The van der Waals surface area contributed by atoms with Crippen molar-refractivity contribution in [1.29, 1.82) is 0 Å². The topological polar surface area (TPSA) is 28.6 Å². The number of hydrogen-bond donors (Lipinski definition) is 0. The third-order valence-electron chi connectivity index (χ3n) is 5.46. The Morgan fingerprint density at radius 3 is 2.62 bits per heavy atom. The zero-order chi connectivity index (χ0) is 17.8. The number of halogens is 1. The lowest BCUT2D eigenvalue weighted by Crippen LogP contribution is -2.46. The number of benzene rings is 1. The van der Waals surface area contributed by atoms with Crippen LogP contribution in [-0.4, -0.2) is 53.7 Å². The summed E-state index contributed by atoms with van der Waals surface area (Å²) in [6, 6.07) is 11.0. The van der Waals surface area contributed by atoms with Gasteiger partial charge in [0.1, 0.15) is 5.82 Å². The van der Waals surface area contributed by atoms with Crippen LogP contribution in [0.3, 0.4) is 0 Å². The van der Waals surface area contributed by atoms with Crippen LogP contribution in [0.1, 0.15) is 17.5 Å². The third kappa shape index (κ3) is 4.47. The normalized spacial score (nSPS) is 24.8. The van der Waals surface area contributed by atoms with Gasteiger partial charge in [-0.3, -0.25) is 14.8 Å². The van der Waals surface area contributed by atoms with E-state index in [0.717, 1.165) is 57.9 Å². The molecule has 4 rings (SSSR count). The first-order valence-electron chi connectivity index (χ1n) is 9.46. The Balaban J connectivity index is 1.33. The molecule has 0 saturated carbocycles. The van der Waals surface area contributed by atoms with Gasteiger partial charge in [-0.05, 0) is 42.3 Å². The van der Waals surface area contributed by atoms with E-state index in [2.05, 4.69) is 20.9 Å². The van der Waals surface area contributed by atoms with Gasteiger partial charge in [-0.25, -0.2) is 4.39 Å². The maximum atomic E-state index is 13.1. The summed E-state index contributed by atoms with van der Waals surface area (Å²) in [6.45, 7) is 6.69. The summed E-state index contributed by atoms with van der Waals surface area (Å²) in [5, 5.41) is 0. The maximum absolute atomic E-state index is 13.1. The summed E-state index contributed by atoms with van der Waals surface area (Å²) >= 11 is 0. The molecule has 2 aliphatic rings. The lowest BCUT2D eigenvalue weighted by molar-refractivity contribution is -0.0242. The van der Waals surface area contributed by atoms with Crippen molar-refractivity contribution in [2.45, 2.75) is 25.6 Å². The summed E-state index contributed by atoms with van der Waals surface area (Å²) in [5.74, 6) is 0.409. The quantitative estimate of drug-likeness (QED) is 0.843. The van der Waals surface area contributed by atoms with Crippen LogP contribution in [0.5, 0.6) is 0 Å². The predicted molar refractivity (Wildman–Crippen MR) is 99.0 cm³/mol. The molecule has 26 heavy (non-hydrogen) atoms. The van der Waals surface area contributed by atoms with E-state index >= 15 is 0 Å². The van der Waals surface area contributed by atoms with Crippen molar-refractivity contribution in [2.24, 2.45) is 5.92 Å². The molecular formula is C21H26FN3O. The molecule has 1 aromatic carbocycles. The minimum atomic E-state index is -0.173. The second kappa shape index (κ2) is 8.25. The van der Waals surface area contributed by atoms with Crippen LogP contribution in [0.4, 0.5) is 4.39 Å². The first-order valence-corrected chi connectivity index (χ1v) is 9.46. The Morgan fingerprint density at radius 1 is 1.00 bits per heavy atom. The Bertz CT molecular complexity index is 694. The summed E-state index contributed by atoms with van der Waals surface area (Å²) in [4.78, 5) is 9.16. The summed E-state index contributed by atoms with van der Waals surface area (Å²) in [6.07, 6.45) is 5.22. The third-order valence-corrected chi connectivity index (χ3v) is 5.46. The highest BCUT2D eigenvalue weighted by molar-refractivity contribution is 5.16. The molecule has 0 N–H and O–H groups in total. The van der Waals surface area contributed by atoms with E-state index in [9.17, 15) is 4.39 Å². The molecule has 2 aromatic rings. The summed E-state index contributed by atoms with van der Waals surface area (Å²) in [5.41, 5.74) is 2.43. The second-order valence-electron chi connectivity index (χ2n) is 7.42. The van der Waals surface area contributed by atoms with Crippen molar-refractivity contribution in [1.82, 2.24) is 14.8 Å². The molecule has 0 amide bonds. The molecule has 2 fully saturated rings. The first-order chi connectivity index (χ1) is 12.8. The molecule has 0 bridgehead atoms. The highest BCUT2D eigenvalue weighted by atomic mass is 19.1. The van der Waals surface area contributed by atoms with E-state index in [1.54, 1.807) is 12.1 Å². The van der Waals surface area contributed by atoms with Gasteiger partial charge in [-0.1, -0.05) is 18.2 Å². The number of rotatable bonds is 4. The molecule has 5 heteroatoms. The average molecular weight is 355 g/mol. The van der Waals surface area contributed by atoms with E-state index < -0.39 is 0 Å². The van der Waals surface area contributed by atoms with Gasteiger partial charge >= 0.3 is 0 Å². The molecule has 2 atom stereocenters. The largest absolute Gasteiger partial charge is 0.375 e. The molecule has 0 aliphatic carbocycles. The zero-order valence-electron chi connectivity index (χ0n) is 15.1. The van der Waals surface area contributed by atoms with Crippen molar-refractivity contribution in [2.75, 3.05) is 32.8 Å². The Labute approximate surface area is 154 Å². The number of nitrogens with zero attached hydrogens (tertiary/aromatic N) is 3.